The van der Waals surface area contributed by atoms with Crippen molar-refractivity contribution in [2.24, 2.45) is 0 Å². The number of ether oxygens (including phenoxy) is 4. The minimum absolute atomic E-state index is 0.00576. The highest BCUT2D eigenvalue weighted by atomic mass is 28.3. The van der Waals surface area contributed by atoms with Gasteiger partial charge in [-0.2, -0.15) is 0 Å². The first kappa shape index (κ1) is 30.6. The fraction of sp³-hybridized carbons (Fsp3) is 0.448. The molecule has 0 radical (unpaired) electrons. The SMILES string of the molecule is CC(=O)c1c(-c2ccc(OCOCC[Si](C)(C)C)cc2O)c(=O)oc2cc(OCOCC[Si](C)(C)C)ccc12. The summed E-state index contributed by atoms with van der Waals surface area (Å²) in [4.78, 5) is 25.8. The summed E-state index contributed by atoms with van der Waals surface area (Å²) in [5.41, 5.74) is -0.191. The molecule has 0 amide bonds. The third kappa shape index (κ3) is 9.06. The summed E-state index contributed by atoms with van der Waals surface area (Å²) in [5, 5.41) is 11.2. The van der Waals surface area contributed by atoms with Crippen molar-refractivity contribution in [3.05, 3.63) is 52.4 Å². The number of Topliss-reactive ketones (excluding diaryl/α,β-unsaturated/α-hetero) is 1. The maximum atomic E-state index is 13.1. The van der Waals surface area contributed by atoms with Crippen LogP contribution in [0, 0.1) is 0 Å². The van der Waals surface area contributed by atoms with E-state index in [4.69, 9.17) is 23.4 Å². The lowest BCUT2D eigenvalue weighted by Crippen LogP contribution is -2.22. The number of phenolic OH excluding ortho intramolecular Hbond substituents is 1. The van der Waals surface area contributed by atoms with Crippen LogP contribution in [0.15, 0.2) is 45.6 Å². The predicted octanol–water partition coefficient (Wildman–Crippen LogP) is 6.75. The van der Waals surface area contributed by atoms with Gasteiger partial charge in [0, 0.05) is 58.0 Å². The Bertz CT molecular complexity index is 1350. The van der Waals surface area contributed by atoms with Crippen LogP contribution in [0.2, 0.25) is 51.4 Å². The van der Waals surface area contributed by atoms with Gasteiger partial charge in [0.2, 0.25) is 0 Å². The van der Waals surface area contributed by atoms with Crippen LogP contribution >= 0.6 is 0 Å². The van der Waals surface area contributed by atoms with E-state index in [2.05, 4.69) is 39.3 Å². The van der Waals surface area contributed by atoms with Crippen LogP contribution < -0.4 is 15.1 Å². The Morgan fingerprint density at radius 1 is 0.846 bits per heavy atom. The molecule has 10 heteroatoms. The highest BCUT2D eigenvalue weighted by Gasteiger charge is 2.23. The highest BCUT2D eigenvalue weighted by Crippen LogP contribution is 2.36. The Balaban J connectivity index is 1.79. The number of hydrogen-bond donors (Lipinski definition) is 1. The second kappa shape index (κ2) is 13.0. The van der Waals surface area contributed by atoms with Gasteiger partial charge in [0.05, 0.1) is 5.56 Å². The van der Waals surface area contributed by atoms with Crippen molar-refractivity contribution >= 4 is 32.9 Å². The van der Waals surface area contributed by atoms with E-state index in [1.54, 1.807) is 24.3 Å². The van der Waals surface area contributed by atoms with Crippen molar-refractivity contribution in [3.63, 3.8) is 0 Å². The molecule has 0 aliphatic rings. The lowest BCUT2D eigenvalue weighted by Gasteiger charge is -2.16. The van der Waals surface area contributed by atoms with E-state index in [1.807, 2.05) is 0 Å². The van der Waals surface area contributed by atoms with Crippen LogP contribution in [0.1, 0.15) is 17.3 Å². The lowest BCUT2D eigenvalue weighted by atomic mass is 9.95. The zero-order valence-corrected chi connectivity index (χ0v) is 26.0. The zero-order valence-electron chi connectivity index (χ0n) is 24.0. The Hall–Kier alpha value is -2.93. The minimum Gasteiger partial charge on any atom is -0.507 e. The Labute approximate surface area is 231 Å². The molecule has 0 spiro atoms. The topological polar surface area (TPSA) is 104 Å². The van der Waals surface area contributed by atoms with Gasteiger partial charge in [-0.25, -0.2) is 4.79 Å². The van der Waals surface area contributed by atoms with Gasteiger partial charge in [0.1, 0.15) is 22.8 Å². The average molecular weight is 573 g/mol. The number of fused-ring (bicyclic) bond motifs is 1. The number of benzene rings is 2. The fourth-order valence-electron chi connectivity index (χ4n) is 3.79. The third-order valence-corrected chi connectivity index (χ3v) is 9.49. The summed E-state index contributed by atoms with van der Waals surface area (Å²) in [6.07, 6.45) is 0. The quantitative estimate of drug-likeness (QED) is 0.0744. The molecule has 3 rings (SSSR count). The van der Waals surface area contributed by atoms with Crippen molar-refractivity contribution in [1.29, 1.82) is 0 Å². The maximum Gasteiger partial charge on any atom is 0.345 e. The number of ketones is 1. The molecule has 2 aromatic carbocycles. The second-order valence-electron chi connectivity index (χ2n) is 12.0. The summed E-state index contributed by atoms with van der Waals surface area (Å²) in [6, 6.07) is 11.5. The largest absolute Gasteiger partial charge is 0.507 e. The van der Waals surface area contributed by atoms with Crippen molar-refractivity contribution in [3.8, 4) is 28.4 Å². The number of aromatic hydroxyl groups is 1. The number of carbonyl (C=O) groups is 1. The van der Waals surface area contributed by atoms with Gasteiger partial charge in [0.25, 0.3) is 0 Å². The number of rotatable bonds is 14. The van der Waals surface area contributed by atoms with E-state index in [9.17, 15) is 14.7 Å². The Kier molecular flexibility index (Phi) is 10.2. The molecular formula is C29H40O8Si2. The molecular weight excluding hydrogens is 532 g/mol. The number of hydrogen-bond acceptors (Lipinski definition) is 8. The molecule has 39 heavy (non-hydrogen) atoms. The summed E-state index contributed by atoms with van der Waals surface area (Å²) in [6.45, 7) is 16.4. The van der Waals surface area contributed by atoms with Crippen molar-refractivity contribution in [2.75, 3.05) is 26.8 Å². The molecule has 0 fully saturated rings. The summed E-state index contributed by atoms with van der Waals surface area (Å²) in [5.74, 6) is 0.297. The first-order chi connectivity index (χ1) is 18.2. The molecule has 0 atom stereocenters. The Morgan fingerprint density at radius 2 is 1.38 bits per heavy atom. The van der Waals surface area contributed by atoms with Gasteiger partial charge in [-0.1, -0.05) is 39.3 Å². The summed E-state index contributed by atoms with van der Waals surface area (Å²) >= 11 is 0. The summed E-state index contributed by atoms with van der Waals surface area (Å²) < 4.78 is 28.0. The molecule has 0 saturated heterocycles. The van der Waals surface area contributed by atoms with Gasteiger partial charge in [-0.3, -0.25) is 4.79 Å². The summed E-state index contributed by atoms with van der Waals surface area (Å²) in [7, 11) is -2.39. The van der Waals surface area contributed by atoms with Crippen LogP contribution in [-0.2, 0) is 9.47 Å². The molecule has 0 unspecified atom stereocenters. The van der Waals surface area contributed by atoms with Crippen molar-refractivity contribution in [1.82, 2.24) is 0 Å². The van der Waals surface area contributed by atoms with E-state index in [0.29, 0.717) is 30.1 Å². The minimum atomic E-state index is -1.20. The van der Waals surface area contributed by atoms with Crippen LogP contribution in [0.25, 0.3) is 22.1 Å². The zero-order chi connectivity index (χ0) is 28.8. The first-order valence-electron chi connectivity index (χ1n) is 13.1. The van der Waals surface area contributed by atoms with E-state index in [0.717, 1.165) is 12.1 Å². The third-order valence-electron chi connectivity index (χ3n) is 6.08. The van der Waals surface area contributed by atoms with Crippen LogP contribution in [0.5, 0.6) is 17.2 Å². The number of phenols is 1. The monoisotopic (exact) mass is 572 g/mol. The molecule has 1 N–H and O–H groups in total. The fourth-order valence-corrected chi connectivity index (χ4v) is 5.30. The van der Waals surface area contributed by atoms with Crippen molar-refractivity contribution < 1.29 is 33.3 Å². The van der Waals surface area contributed by atoms with E-state index in [1.165, 1.54) is 19.1 Å². The molecule has 0 aliphatic heterocycles. The van der Waals surface area contributed by atoms with E-state index >= 15 is 0 Å². The molecule has 212 valence electrons. The highest BCUT2D eigenvalue weighted by molar-refractivity contribution is 6.76. The molecule has 0 saturated carbocycles. The standard InChI is InChI=1S/C29H40O8Si2/c1-20(30)27-24-11-9-22(36-19-34-13-15-39(5,6)7)17-26(24)37-29(32)28(27)23-10-8-21(16-25(23)31)35-18-33-12-14-38(2,3)4/h8-11,16-17,31H,12-15,18-19H2,1-7H3. The number of carbonyl (C=O) groups excluding carboxylic acids is 1. The van der Waals surface area contributed by atoms with Gasteiger partial charge in [-0.15, -0.1) is 0 Å². The first-order valence-corrected chi connectivity index (χ1v) is 20.5. The predicted molar refractivity (Wildman–Crippen MR) is 159 cm³/mol. The molecule has 0 bridgehead atoms. The molecule has 8 nitrogen and oxygen atoms in total. The van der Waals surface area contributed by atoms with E-state index in [-0.39, 0.29) is 47.4 Å². The van der Waals surface area contributed by atoms with Gasteiger partial charge in [0.15, 0.2) is 19.4 Å². The van der Waals surface area contributed by atoms with Gasteiger partial charge >= 0.3 is 5.63 Å². The molecule has 3 aromatic rings. The van der Waals surface area contributed by atoms with Crippen molar-refractivity contribution in [2.45, 2.75) is 58.3 Å². The molecule has 1 aromatic heterocycles. The molecule has 1 heterocycles. The van der Waals surface area contributed by atoms with Gasteiger partial charge < -0.3 is 28.5 Å². The second-order valence-corrected chi connectivity index (χ2v) is 23.2. The van der Waals surface area contributed by atoms with E-state index < -0.39 is 21.8 Å². The van der Waals surface area contributed by atoms with Crippen LogP contribution in [0.3, 0.4) is 0 Å². The van der Waals surface area contributed by atoms with Gasteiger partial charge in [-0.05, 0) is 43.3 Å². The molecule has 0 aliphatic carbocycles. The smallest absolute Gasteiger partial charge is 0.345 e. The lowest BCUT2D eigenvalue weighted by molar-refractivity contribution is 0.0218. The van der Waals surface area contributed by atoms with Crippen LogP contribution in [-0.4, -0.2) is 53.8 Å². The Morgan fingerprint density at radius 3 is 1.90 bits per heavy atom. The maximum absolute atomic E-state index is 13.1. The normalized spacial score (nSPS) is 12.1. The van der Waals surface area contributed by atoms with Crippen LogP contribution in [0.4, 0.5) is 0 Å². The average Bonchev–Trinajstić information content (AvgIpc) is 2.81.